The highest BCUT2D eigenvalue weighted by Crippen LogP contribution is 2.61. The van der Waals surface area contributed by atoms with E-state index in [4.69, 9.17) is 4.74 Å². The summed E-state index contributed by atoms with van der Waals surface area (Å²) in [4.78, 5) is 25.0. The van der Waals surface area contributed by atoms with Crippen molar-refractivity contribution in [1.82, 2.24) is 5.32 Å². The van der Waals surface area contributed by atoms with Crippen LogP contribution in [0.25, 0.3) is 11.1 Å². The third-order valence-corrected chi connectivity index (χ3v) is 9.60. The molecular weight excluding hydrogens is 482 g/mol. The topological polar surface area (TPSA) is 75.6 Å². The van der Waals surface area contributed by atoms with Crippen LogP contribution in [0.15, 0.2) is 42.5 Å². The molecule has 6 heteroatoms. The number of rotatable bonds is 11. The molecule has 4 aliphatic carbocycles. The molecule has 0 heterocycles. The maximum absolute atomic E-state index is 13.3. The van der Waals surface area contributed by atoms with Crippen LogP contribution in [0.4, 0.5) is 0 Å². The number of carbonyl (C=O) groups is 2. The minimum absolute atomic E-state index is 0.369. The molecule has 0 aromatic heterocycles. The predicted molar refractivity (Wildman–Crippen MR) is 149 cm³/mol. The summed E-state index contributed by atoms with van der Waals surface area (Å²) in [6, 6.07) is 12.6. The van der Waals surface area contributed by atoms with Gasteiger partial charge in [-0.3, -0.25) is 4.79 Å². The lowest BCUT2D eigenvalue weighted by atomic mass is 9.49. The Hall–Kier alpha value is -2.47. The smallest absolute Gasteiger partial charge is 0.326 e. The first-order chi connectivity index (χ1) is 17.9. The van der Waals surface area contributed by atoms with Crippen molar-refractivity contribution < 1.29 is 19.4 Å². The van der Waals surface area contributed by atoms with Crippen LogP contribution >= 0.6 is 11.8 Å². The number of hydrogen-bond donors (Lipinski definition) is 2. The number of aliphatic carboxylic acids is 1. The van der Waals surface area contributed by atoms with Gasteiger partial charge in [0.05, 0.1) is 6.61 Å². The molecule has 37 heavy (non-hydrogen) atoms. The summed E-state index contributed by atoms with van der Waals surface area (Å²) in [7, 11) is 0. The Morgan fingerprint density at radius 1 is 1.05 bits per heavy atom. The lowest BCUT2D eigenvalue weighted by Crippen LogP contribution is -2.46. The molecule has 0 spiro atoms. The van der Waals surface area contributed by atoms with Crippen molar-refractivity contribution in [2.24, 2.45) is 23.2 Å². The number of aryl methyl sites for hydroxylation is 1. The number of ether oxygens (including phenoxy) is 1. The van der Waals surface area contributed by atoms with E-state index >= 15 is 0 Å². The normalized spacial score (nSPS) is 26.6. The average Bonchev–Trinajstić information content (AvgIpc) is 2.85. The van der Waals surface area contributed by atoms with Crippen LogP contribution in [-0.4, -0.2) is 41.6 Å². The molecule has 2 aromatic rings. The second-order valence-corrected chi connectivity index (χ2v) is 12.7. The van der Waals surface area contributed by atoms with E-state index in [-0.39, 0.29) is 5.91 Å². The molecule has 2 N–H and O–H groups in total. The van der Waals surface area contributed by atoms with Gasteiger partial charge in [-0.25, -0.2) is 4.79 Å². The number of carbonyl (C=O) groups excluding carboxylic acids is 1. The molecule has 198 valence electrons. The number of thioether (sulfide) groups is 1. The standard InChI is InChI=1S/C31H39NO4S/c1-20-5-3-4-6-25(20)27-16-24(7-8-26(27)29(33)32-28(30(34)35)9-12-37-2)36-11-10-31-17-21-13-22(18-31)15-23(14-21)19-31/h3-8,16,21-23,28H,9-15,17-19H2,1-2H3,(H,32,33)(H,34,35)/t21?,22?,23?,28-,31?/m0/s1. The zero-order valence-electron chi connectivity index (χ0n) is 22.0. The molecule has 0 radical (unpaired) electrons. The summed E-state index contributed by atoms with van der Waals surface area (Å²) in [5, 5.41) is 12.4. The fourth-order valence-electron chi connectivity index (χ4n) is 7.62. The van der Waals surface area contributed by atoms with Gasteiger partial charge in [0.1, 0.15) is 11.8 Å². The molecule has 0 saturated heterocycles. The minimum Gasteiger partial charge on any atom is -0.494 e. The molecule has 6 rings (SSSR count). The Bertz CT molecular complexity index is 1110. The van der Waals surface area contributed by atoms with Crippen LogP contribution in [0, 0.1) is 30.1 Å². The predicted octanol–water partition coefficient (Wildman–Crippen LogP) is 6.58. The first kappa shape index (κ1) is 26.1. The zero-order chi connectivity index (χ0) is 26.0. The second-order valence-electron chi connectivity index (χ2n) is 11.7. The average molecular weight is 522 g/mol. The van der Waals surface area contributed by atoms with Crippen molar-refractivity contribution in [3.8, 4) is 16.9 Å². The van der Waals surface area contributed by atoms with Crippen LogP contribution < -0.4 is 10.1 Å². The van der Waals surface area contributed by atoms with Gasteiger partial charge in [0.2, 0.25) is 0 Å². The fraction of sp³-hybridized carbons (Fsp3) is 0.548. The van der Waals surface area contributed by atoms with Gasteiger partial charge in [0.15, 0.2) is 0 Å². The molecule has 4 aliphatic rings. The van der Waals surface area contributed by atoms with Crippen LogP contribution in [0.1, 0.15) is 67.3 Å². The van der Waals surface area contributed by atoms with Gasteiger partial charge in [0.25, 0.3) is 5.91 Å². The molecule has 0 unspecified atom stereocenters. The number of carboxylic acid groups (broad SMARTS) is 1. The third kappa shape index (κ3) is 5.84. The third-order valence-electron chi connectivity index (χ3n) is 8.95. The first-order valence-corrected chi connectivity index (χ1v) is 15.1. The lowest BCUT2D eigenvalue weighted by Gasteiger charge is -2.57. The van der Waals surface area contributed by atoms with Crippen molar-refractivity contribution in [1.29, 1.82) is 0 Å². The zero-order valence-corrected chi connectivity index (χ0v) is 22.8. The summed E-state index contributed by atoms with van der Waals surface area (Å²) < 4.78 is 6.33. The van der Waals surface area contributed by atoms with Crippen LogP contribution in [0.3, 0.4) is 0 Å². The molecule has 4 fully saturated rings. The van der Waals surface area contributed by atoms with E-state index in [2.05, 4.69) is 5.32 Å². The summed E-state index contributed by atoms with van der Waals surface area (Å²) in [5.41, 5.74) is 3.72. The SMILES string of the molecule is CSCC[C@H](NC(=O)c1ccc(OCCC23CC4CC(CC(C4)C2)C3)cc1-c1ccccc1C)C(=O)O. The maximum Gasteiger partial charge on any atom is 0.326 e. The van der Waals surface area contributed by atoms with Gasteiger partial charge in [-0.05, 0) is 128 Å². The van der Waals surface area contributed by atoms with E-state index in [0.717, 1.165) is 46.6 Å². The summed E-state index contributed by atoms with van der Waals surface area (Å²) in [6.45, 7) is 2.72. The highest BCUT2D eigenvalue weighted by atomic mass is 32.2. The Balaban J connectivity index is 1.33. The molecule has 4 saturated carbocycles. The van der Waals surface area contributed by atoms with E-state index in [1.54, 1.807) is 17.8 Å². The summed E-state index contributed by atoms with van der Waals surface area (Å²) in [6.07, 6.45) is 11.9. The first-order valence-electron chi connectivity index (χ1n) is 13.7. The molecule has 1 amide bonds. The summed E-state index contributed by atoms with van der Waals surface area (Å²) in [5.74, 6) is 2.85. The van der Waals surface area contributed by atoms with Crippen molar-refractivity contribution in [2.45, 2.75) is 64.3 Å². The van der Waals surface area contributed by atoms with Crippen LogP contribution in [-0.2, 0) is 4.79 Å². The Morgan fingerprint density at radius 3 is 2.35 bits per heavy atom. The molecule has 2 aromatic carbocycles. The monoisotopic (exact) mass is 521 g/mol. The van der Waals surface area contributed by atoms with E-state index < -0.39 is 12.0 Å². The highest BCUT2D eigenvalue weighted by Gasteiger charge is 2.50. The van der Waals surface area contributed by atoms with E-state index in [1.165, 1.54) is 38.5 Å². The van der Waals surface area contributed by atoms with Crippen molar-refractivity contribution in [2.75, 3.05) is 18.6 Å². The molecule has 0 aliphatic heterocycles. The molecular formula is C31H39NO4S. The van der Waals surface area contributed by atoms with Crippen LogP contribution in [0.2, 0.25) is 0 Å². The van der Waals surface area contributed by atoms with Gasteiger partial charge >= 0.3 is 5.97 Å². The van der Waals surface area contributed by atoms with Gasteiger partial charge in [-0.1, -0.05) is 24.3 Å². The van der Waals surface area contributed by atoms with E-state index in [1.807, 2.05) is 49.6 Å². The van der Waals surface area contributed by atoms with Crippen molar-refractivity contribution in [3.63, 3.8) is 0 Å². The molecule has 4 bridgehead atoms. The number of nitrogens with one attached hydrogen (secondary N) is 1. The Labute approximate surface area is 224 Å². The fourth-order valence-corrected chi connectivity index (χ4v) is 8.09. The van der Waals surface area contributed by atoms with E-state index in [0.29, 0.717) is 29.8 Å². The minimum atomic E-state index is -1.01. The number of benzene rings is 2. The Morgan fingerprint density at radius 2 is 1.73 bits per heavy atom. The maximum atomic E-state index is 13.3. The van der Waals surface area contributed by atoms with Crippen molar-refractivity contribution in [3.05, 3.63) is 53.6 Å². The van der Waals surface area contributed by atoms with Gasteiger partial charge < -0.3 is 15.2 Å². The highest BCUT2D eigenvalue weighted by molar-refractivity contribution is 7.98. The van der Waals surface area contributed by atoms with E-state index in [9.17, 15) is 14.7 Å². The van der Waals surface area contributed by atoms with Crippen LogP contribution in [0.5, 0.6) is 5.75 Å². The molecule has 5 nitrogen and oxygen atoms in total. The number of hydrogen-bond acceptors (Lipinski definition) is 4. The van der Waals surface area contributed by atoms with Gasteiger partial charge in [-0.15, -0.1) is 0 Å². The largest absolute Gasteiger partial charge is 0.494 e. The quantitative estimate of drug-likeness (QED) is 0.349. The molecule has 1 atom stereocenters. The summed E-state index contributed by atoms with van der Waals surface area (Å²) >= 11 is 1.57. The lowest BCUT2D eigenvalue weighted by molar-refractivity contribution is -0.139. The van der Waals surface area contributed by atoms with Gasteiger partial charge in [-0.2, -0.15) is 11.8 Å². The second kappa shape index (κ2) is 11.1. The van der Waals surface area contributed by atoms with Crippen molar-refractivity contribution >= 4 is 23.6 Å². The number of carboxylic acids is 1. The van der Waals surface area contributed by atoms with Gasteiger partial charge in [0, 0.05) is 5.56 Å². The Kier molecular flexibility index (Phi) is 7.85. The number of amides is 1.